The first kappa shape index (κ1) is 16.2. The van der Waals surface area contributed by atoms with Crippen LogP contribution in [-0.4, -0.2) is 20.9 Å². The Hall–Kier alpha value is -2.30. The van der Waals surface area contributed by atoms with Gasteiger partial charge in [0.15, 0.2) is 5.69 Å². The maximum absolute atomic E-state index is 11.8. The van der Waals surface area contributed by atoms with Crippen LogP contribution in [0.4, 0.5) is 0 Å². The number of carboxylic acids is 1. The molecular formula is C19H14Cl2N2O2. The fraction of sp³-hybridized carbons (Fsp3) is 0.158. The minimum absolute atomic E-state index is 0.0812. The maximum Gasteiger partial charge on any atom is 0.356 e. The number of carbonyl (C=O) groups is 1. The molecule has 1 aliphatic carbocycles. The van der Waals surface area contributed by atoms with E-state index in [1.807, 2.05) is 18.2 Å². The molecule has 0 aliphatic heterocycles. The molecular weight excluding hydrogens is 359 g/mol. The molecule has 0 fully saturated rings. The van der Waals surface area contributed by atoms with E-state index in [-0.39, 0.29) is 5.69 Å². The average molecular weight is 373 g/mol. The molecule has 3 aromatic rings. The highest BCUT2D eigenvalue weighted by Crippen LogP contribution is 2.37. The highest BCUT2D eigenvalue weighted by atomic mass is 35.5. The number of benzene rings is 2. The molecule has 0 unspecified atom stereocenters. The Bertz CT molecular complexity index is 995. The average Bonchev–Trinajstić information content (AvgIpc) is 2.84. The second-order valence-corrected chi connectivity index (χ2v) is 6.84. The van der Waals surface area contributed by atoms with Crippen molar-refractivity contribution in [2.45, 2.75) is 19.3 Å². The molecule has 0 amide bonds. The van der Waals surface area contributed by atoms with Crippen LogP contribution in [-0.2, 0) is 12.8 Å². The molecule has 6 heteroatoms. The zero-order chi connectivity index (χ0) is 17.6. The van der Waals surface area contributed by atoms with Gasteiger partial charge in [-0.05, 0) is 43.0 Å². The van der Waals surface area contributed by atoms with E-state index in [9.17, 15) is 9.90 Å². The molecule has 0 radical (unpaired) electrons. The zero-order valence-corrected chi connectivity index (χ0v) is 14.7. The molecule has 1 N–H and O–H groups in total. The zero-order valence-electron chi connectivity index (χ0n) is 13.2. The summed E-state index contributed by atoms with van der Waals surface area (Å²) in [5.41, 5.74) is 4.44. The molecule has 25 heavy (non-hydrogen) atoms. The summed E-state index contributed by atoms with van der Waals surface area (Å²) in [5.74, 6) is -1.03. The highest BCUT2D eigenvalue weighted by Gasteiger charge is 2.27. The SMILES string of the molecule is O=C(O)c1nn(-c2ccc(Cl)cc2Cl)c2c1CCCc1ccccc1-2. The van der Waals surface area contributed by atoms with Gasteiger partial charge in [0.2, 0.25) is 0 Å². The molecule has 126 valence electrons. The van der Waals surface area contributed by atoms with Crippen molar-refractivity contribution in [3.8, 4) is 16.9 Å². The number of hydrogen-bond acceptors (Lipinski definition) is 2. The molecule has 2 aromatic carbocycles. The summed E-state index contributed by atoms with van der Waals surface area (Å²) in [7, 11) is 0. The van der Waals surface area contributed by atoms with Gasteiger partial charge in [-0.3, -0.25) is 0 Å². The Labute approximate surface area is 154 Å². The molecule has 0 spiro atoms. The lowest BCUT2D eigenvalue weighted by atomic mass is 10.0. The van der Waals surface area contributed by atoms with Crippen molar-refractivity contribution in [1.29, 1.82) is 0 Å². The van der Waals surface area contributed by atoms with Gasteiger partial charge in [0, 0.05) is 16.1 Å². The molecule has 0 saturated heterocycles. The number of aryl methyl sites for hydroxylation is 1. The smallest absolute Gasteiger partial charge is 0.356 e. The summed E-state index contributed by atoms with van der Waals surface area (Å²) in [4.78, 5) is 11.8. The fourth-order valence-corrected chi connectivity index (χ4v) is 3.88. The van der Waals surface area contributed by atoms with Crippen LogP contribution in [0.5, 0.6) is 0 Å². The van der Waals surface area contributed by atoms with E-state index in [4.69, 9.17) is 23.2 Å². The normalized spacial score (nSPS) is 13.0. The molecule has 0 bridgehead atoms. The molecule has 1 heterocycles. The quantitative estimate of drug-likeness (QED) is 0.685. The van der Waals surface area contributed by atoms with Gasteiger partial charge in [0.25, 0.3) is 0 Å². The summed E-state index contributed by atoms with van der Waals surface area (Å²) >= 11 is 12.4. The van der Waals surface area contributed by atoms with Crippen molar-refractivity contribution in [3.05, 3.63) is 69.3 Å². The number of aromatic nitrogens is 2. The second kappa shape index (κ2) is 6.21. The maximum atomic E-state index is 11.8. The number of rotatable bonds is 2. The van der Waals surface area contributed by atoms with E-state index in [0.29, 0.717) is 22.2 Å². The van der Waals surface area contributed by atoms with Crippen LogP contribution >= 0.6 is 23.2 Å². The van der Waals surface area contributed by atoms with Crippen molar-refractivity contribution in [2.24, 2.45) is 0 Å². The third kappa shape index (κ3) is 2.71. The van der Waals surface area contributed by atoms with Crippen molar-refractivity contribution in [1.82, 2.24) is 9.78 Å². The number of carboxylic acid groups (broad SMARTS) is 1. The fourth-order valence-electron chi connectivity index (χ4n) is 3.39. The molecule has 1 aromatic heterocycles. The van der Waals surface area contributed by atoms with E-state index in [1.54, 1.807) is 22.9 Å². The Morgan fingerprint density at radius 1 is 1.12 bits per heavy atom. The third-order valence-corrected chi connectivity index (χ3v) is 5.01. The van der Waals surface area contributed by atoms with Gasteiger partial charge in [-0.15, -0.1) is 0 Å². The van der Waals surface area contributed by atoms with Crippen molar-refractivity contribution >= 4 is 29.2 Å². The van der Waals surface area contributed by atoms with Crippen LogP contribution in [0.1, 0.15) is 28.0 Å². The van der Waals surface area contributed by atoms with Gasteiger partial charge in [0.1, 0.15) is 0 Å². The molecule has 0 atom stereocenters. The van der Waals surface area contributed by atoms with Gasteiger partial charge < -0.3 is 5.11 Å². The largest absolute Gasteiger partial charge is 0.476 e. The predicted octanol–water partition coefficient (Wildman–Crippen LogP) is 5.03. The van der Waals surface area contributed by atoms with E-state index in [2.05, 4.69) is 11.2 Å². The van der Waals surface area contributed by atoms with Crippen LogP contribution in [0.2, 0.25) is 10.0 Å². The lowest BCUT2D eigenvalue weighted by Crippen LogP contribution is -2.04. The van der Waals surface area contributed by atoms with Gasteiger partial charge in [-0.1, -0.05) is 47.5 Å². The summed E-state index contributed by atoms with van der Waals surface area (Å²) < 4.78 is 1.64. The van der Waals surface area contributed by atoms with Crippen molar-refractivity contribution in [2.75, 3.05) is 0 Å². The third-order valence-electron chi connectivity index (χ3n) is 4.47. The lowest BCUT2D eigenvalue weighted by Gasteiger charge is -2.12. The van der Waals surface area contributed by atoms with Crippen LogP contribution in [0, 0.1) is 0 Å². The van der Waals surface area contributed by atoms with Crippen LogP contribution < -0.4 is 0 Å². The Balaban J connectivity index is 2.06. The first-order valence-corrected chi connectivity index (χ1v) is 8.70. The lowest BCUT2D eigenvalue weighted by molar-refractivity contribution is 0.0688. The number of nitrogens with zero attached hydrogens (tertiary/aromatic N) is 2. The minimum Gasteiger partial charge on any atom is -0.476 e. The number of fused-ring (bicyclic) bond motifs is 3. The van der Waals surface area contributed by atoms with E-state index < -0.39 is 5.97 Å². The van der Waals surface area contributed by atoms with Crippen molar-refractivity contribution < 1.29 is 9.90 Å². The Morgan fingerprint density at radius 2 is 1.92 bits per heavy atom. The predicted molar refractivity (Wildman–Crippen MR) is 98.0 cm³/mol. The van der Waals surface area contributed by atoms with Crippen molar-refractivity contribution in [3.63, 3.8) is 0 Å². The van der Waals surface area contributed by atoms with Crippen LogP contribution in [0.25, 0.3) is 16.9 Å². The van der Waals surface area contributed by atoms with E-state index >= 15 is 0 Å². The minimum atomic E-state index is -1.03. The molecule has 0 saturated carbocycles. The van der Waals surface area contributed by atoms with Gasteiger partial charge in [-0.2, -0.15) is 5.10 Å². The molecule has 4 rings (SSSR count). The Kier molecular flexibility index (Phi) is 4.02. The standard InChI is InChI=1S/C19H14Cl2N2O2/c20-12-8-9-16(15(21)10-12)23-18-13-6-2-1-4-11(13)5-3-7-14(18)17(22-23)19(24)25/h1-2,4,6,8-10H,3,5,7H2,(H,24,25). The molecule has 1 aliphatic rings. The summed E-state index contributed by atoms with van der Waals surface area (Å²) in [6.07, 6.45) is 2.44. The van der Waals surface area contributed by atoms with Crippen LogP contribution in [0.15, 0.2) is 42.5 Å². The first-order chi connectivity index (χ1) is 12.1. The monoisotopic (exact) mass is 372 g/mol. The number of halogens is 2. The van der Waals surface area contributed by atoms with Gasteiger partial charge in [-0.25, -0.2) is 9.48 Å². The first-order valence-electron chi connectivity index (χ1n) is 7.95. The molecule has 4 nitrogen and oxygen atoms in total. The number of aromatic carboxylic acids is 1. The van der Waals surface area contributed by atoms with Gasteiger partial charge in [0.05, 0.1) is 16.4 Å². The second-order valence-electron chi connectivity index (χ2n) is 6.00. The van der Waals surface area contributed by atoms with E-state index in [0.717, 1.165) is 29.7 Å². The topological polar surface area (TPSA) is 55.1 Å². The summed E-state index contributed by atoms with van der Waals surface area (Å²) in [5, 5.41) is 15.0. The summed E-state index contributed by atoms with van der Waals surface area (Å²) in [6, 6.07) is 13.2. The highest BCUT2D eigenvalue weighted by molar-refractivity contribution is 6.35. The van der Waals surface area contributed by atoms with E-state index in [1.165, 1.54) is 5.56 Å². The van der Waals surface area contributed by atoms with Crippen LogP contribution in [0.3, 0.4) is 0 Å². The van der Waals surface area contributed by atoms with Gasteiger partial charge >= 0.3 is 5.97 Å². The number of hydrogen-bond donors (Lipinski definition) is 1. The summed E-state index contributed by atoms with van der Waals surface area (Å²) in [6.45, 7) is 0. The Morgan fingerprint density at radius 3 is 2.68 bits per heavy atom.